The summed E-state index contributed by atoms with van der Waals surface area (Å²) in [6.07, 6.45) is 0. The van der Waals surface area contributed by atoms with E-state index in [9.17, 15) is 14.4 Å². The molecule has 150 valence electrons. The Morgan fingerprint density at radius 1 is 1.21 bits per heavy atom. The second kappa shape index (κ2) is 7.97. The van der Waals surface area contributed by atoms with E-state index >= 15 is 0 Å². The lowest BCUT2D eigenvalue weighted by molar-refractivity contribution is -0.123. The molecule has 8 nitrogen and oxygen atoms in total. The van der Waals surface area contributed by atoms with Gasteiger partial charge < -0.3 is 16.8 Å². The summed E-state index contributed by atoms with van der Waals surface area (Å²) in [6.45, 7) is 9.06. The van der Waals surface area contributed by atoms with Crippen LogP contribution in [0.5, 0.6) is 0 Å². The first-order valence-corrected chi connectivity index (χ1v) is 9.47. The largest absolute Gasteiger partial charge is 0.395 e. The van der Waals surface area contributed by atoms with Crippen molar-refractivity contribution in [3.63, 3.8) is 0 Å². The van der Waals surface area contributed by atoms with Gasteiger partial charge in [0, 0.05) is 11.2 Å². The van der Waals surface area contributed by atoms with E-state index in [0.29, 0.717) is 5.69 Å². The molecule has 0 radical (unpaired) electrons. The van der Waals surface area contributed by atoms with Gasteiger partial charge in [-0.3, -0.25) is 19.3 Å². The summed E-state index contributed by atoms with van der Waals surface area (Å²) in [7, 11) is 0. The van der Waals surface area contributed by atoms with Gasteiger partial charge in [-0.1, -0.05) is 18.2 Å². The number of para-hydroxylation sites is 1. The Morgan fingerprint density at radius 2 is 1.82 bits per heavy atom. The number of nitrogens with one attached hydrogen (secondary N) is 1. The highest BCUT2D eigenvalue weighted by atomic mass is 32.1. The molecule has 1 aromatic carbocycles. The molecule has 0 unspecified atom stereocenters. The van der Waals surface area contributed by atoms with E-state index in [4.69, 9.17) is 11.5 Å². The summed E-state index contributed by atoms with van der Waals surface area (Å²) in [5, 5.41) is 2.88. The molecule has 1 aromatic heterocycles. The third-order valence-corrected chi connectivity index (χ3v) is 4.87. The fourth-order valence-corrected chi connectivity index (χ4v) is 3.40. The average Bonchev–Trinajstić information content (AvgIpc) is 2.96. The zero-order chi connectivity index (χ0) is 21.2. The zero-order valence-electron chi connectivity index (χ0n) is 16.6. The van der Waals surface area contributed by atoms with Crippen LogP contribution in [0.1, 0.15) is 53.4 Å². The fraction of sp³-hybridized carbons (Fsp3) is 0.368. The number of aryl methyl sites for hydroxylation is 1. The second-order valence-electron chi connectivity index (χ2n) is 7.52. The first kappa shape index (κ1) is 21.4. The number of rotatable bonds is 5. The lowest BCUT2D eigenvalue weighted by atomic mass is 10.1. The molecule has 0 aliphatic heterocycles. The SMILES string of the molecule is Cc1ccccc1N(C(=O)c1snc(C(N)=O)c1N)[C@H](C)C(=O)NC(C)(C)C. The number of carbonyl (C=O) groups excluding carboxylic acids is 3. The summed E-state index contributed by atoms with van der Waals surface area (Å²) in [6, 6.07) is 6.39. The normalized spacial score (nSPS) is 12.3. The maximum absolute atomic E-state index is 13.4. The maximum atomic E-state index is 13.4. The molecule has 0 saturated carbocycles. The number of nitrogens with two attached hydrogens (primary N) is 2. The third kappa shape index (κ3) is 4.48. The molecule has 3 amide bonds. The summed E-state index contributed by atoms with van der Waals surface area (Å²) in [4.78, 5) is 39.0. The van der Waals surface area contributed by atoms with Crippen LogP contribution in [0.4, 0.5) is 11.4 Å². The molecule has 9 heteroatoms. The predicted octanol–water partition coefficient (Wildman–Crippen LogP) is 2.08. The van der Waals surface area contributed by atoms with Crippen LogP contribution in [0, 0.1) is 6.92 Å². The molecule has 0 aliphatic carbocycles. The number of primary amides is 1. The molecule has 2 rings (SSSR count). The van der Waals surface area contributed by atoms with Crippen molar-refractivity contribution in [2.75, 3.05) is 10.6 Å². The Bertz CT molecular complexity index is 917. The molecule has 0 spiro atoms. The standard InChI is InChI=1S/C19H25N5O3S/c1-10-8-6-7-9-12(10)24(11(2)17(26)22-19(3,4)5)18(27)15-13(20)14(16(21)25)23-28-15/h6-9,11H,20H2,1-5H3,(H2,21,25)(H,22,26)/t11-/m1/s1. The molecule has 0 aliphatic rings. The van der Waals surface area contributed by atoms with Crippen molar-refractivity contribution >= 4 is 40.6 Å². The molecule has 0 saturated heterocycles. The molecular formula is C19H25N5O3S. The van der Waals surface area contributed by atoms with Gasteiger partial charge in [-0.05, 0) is 57.8 Å². The number of amides is 3. The summed E-state index contributed by atoms with van der Waals surface area (Å²) < 4.78 is 3.89. The highest BCUT2D eigenvalue weighted by molar-refractivity contribution is 7.09. The molecule has 0 fully saturated rings. The smallest absolute Gasteiger partial charge is 0.272 e. The van der Waals surface area contributed by atoms with Crippen molar-refractivity contribution in [2.45, 2.75) is 46.2 Å². The minimum absolute atomic E-state index is 0.0625. The van der Waals surface area contributed by atoms with E-state index in [1.54, 1.807) is 19.1 Å². The van der Waals surface area contributed by atoms with Gasteiger partial charge in [0.2, 0.25) is 5.91 Å². The van der Waals surface area contributed by atoms with Crippen LogP contribution in [0.15, 0.2) is 24.3 Å². The van der Waals surface area contributed by atoms with Gasteiger partial charge in [0.1, 0.15) is 10.9 Å². The molecule has 1 heterocycles. The highest BCUT2D eigenvalue weighted by Gasteiger charge is 2.33. The van der Waals surface area contributed by atoms with E-state index in [-0.39, 0.29) is 22.2 Å². The Labute approximate surface area is 168 Å². The van der Waals surface area contributed by atoms with Crippen molar-refractivity contribution in [3.05, 3.63) is 40.4 Å². The summed E-state index contributed by atoms with van der Waals surface area (Å²) in [5.74, 6) is -1.65. The van der Waals surface area contributed by atoms with Gasteiger partial charge in [-0.15, -0.1) is 0 Å². The Balaban J connectivity index is 2.53. The van der Waals surface area contributed by atoms with Crippen molar-refractivity contribution < 1.29 is 14.4 Å². The van der Waals surface area contributed by atoms with Crippen LogP contribution in [-0.2, 0) is 4.79 Å². The van der Waals surface area contributed by atoms with E-state index in [2.05, 4.69) is 9.69 Å². The van der Waals surface area contributed by atoms with Gasteiger partial charge in [-0.2, -0.15) is 4.37 Å². The molecule has 28 heavy (non-hydrogen) atoms. The molecule has 0 bridgehead atoms. The first-order valence-electron chi connectivity index (χ1n) is 8.70. The van der Waals surface area contributed by atoms with Crippen molar-refractivity contribution in [3.8, 4) is 0 Å². The minimum atomic E-state index is -0.827. The van der Waals surface area contributed by atoms with Gasteiger partial charge in [0.15, 0.2) is 5.69 Å². The number of anilines is 2. The zero-order valence-corrected chi connectivity index (χ0v) is 17.4. The number of aromatic nitrogens is 1. The number of nitrogen functional groups attached to an aromatic ring is 1. The predicted molar refractivity (Wildman–Crippen MR) is 110 cm³/mol. The van der Waals surface area contributed by atoms with E-state index < -0.39 is 23.4 Å². The van der Waals surface area contributed by atoms with E-state index in [1.807, 2.05) is 39.8 Å². The monoisotopic (exact) mass is 403 g/mol. The van der Waals surface area contributed by atoms with Crippen LogP contribution in [0.3, 0.4) is 0 Å². The van der Waals surface area contributed by atoms with Crippen LogP contribution >= 0.6 is 11.5 Å². The van der Waals surface area contributed by atoms with Gasteiger partial charge in [0.25, 0.3) is 11.8 Å². The van der Waals surface area contributed by atoms with Crippen LogP contribution in [-0.4, -0.2) is 33.7 Å². The summed E-state index contributed by atoms with van der Waals surface area (Å²) >= 11 is 0.785. The number of benzene rings is 1. The number of carbonyl (C=O) groups is 3. The van der Waals surface area contributed by atoms with Crippen LogP contribution in [0.25, 0.3) is 0 Å². The van der Waals surface area contributed by atoms with E-state index in [0.717, 1.165) is 17.1 Å². The Hall–Kier alpha value is -2.94. The average molecular weight is 404 g/mol. The number of nitrogens with zero attached hydrogens (tertiary/aromatic N) is 2. The van der Waals surface area contributed by atoms with Crippen LogP contribution in [0.2, 0.25) is 0 Å². The lowest BCUT2D eigenvalue weighted by Crippen LogP contribution is -2.53. The van der Waals surface area contributed by atoms with Crippen molar-refractivity contribution in [1.29, 1.82) is 0 Å². The van der Waals surface area contributed by atoms with Crippen LogP contribution < -0.4 is 21.7 Å². The maximum Gasteiger partial charge on any atom is 0.272 e. The van der Waals surface area contributed by atoms with Gasteiger partial charge in [-0.25, -0.2) is 0 Å². The fourth-order valence-electron chi connectivity index (χ4n) is 2.66. The third-order valence-electron chi connectivity index (χ3n) is 4.01. The number of hydrogen-bond acceptors (Lipinski definition) is 6. The molecule has 2 aromatic rings. The number of hydrogen-bond donors (Lipinski definition) is 3. The van der Waals surface area contributed by atoms with Crippen molar-refractivity contribution in [1.82, 2.24) is 9.69 Å². The topological polar surface area (TPSA) is 131 Å². The quantitative estimate of drug-likeness (QED) is 0.703. The minimum Gasteiger partial charge on any atom is -0.395 e. The van der Waals surface area contributed by atoms with Gasteiger partial charge in [0.05, 0.1) is 5.69 Å². The molecular weight excluding hydrogens is 378 g/mol. The lowest BCUT2D eigenvalue weighted by Gasteiger charge is -2.32. The summed E-state index contributed by atoms with van der Waals surface area (Å²) in [5.41, 5.74) is 11.9. The Morgan fingerprint density at radius 3 is 2.32 bits per heavy atom. The second-order valence-corrected chi connectivity index (χ2v) is 8.29. The molecule has 5 N–H and O–H groups in total. The van der Waals surface area contributed by atoms with Gasteiger partial charge >= 0.3 is 0 Å². The molecule has 1 atom stereocenters. The highest BCUT2D eigenvalue weighted by Crippen LogP contribution is 2.29. The first-order chi connectivity index (χ1) is 12.9. The van der Waals surface area contributed by atoms with E-state index in [1.165, 1.54) is 4.90 Å². The Kier molecular flexibility index (Phi) is 6.08. The van der Waals surface area contributed by atoms with Crippen molar-refractivity contribution in [2.24, 2.45) is 5.73 Å².